The highest BCUT2D eigenvalue weighted by molar-refractivity contribution is 7.89. The molecule has 0 aromatic heterocycles. The van der Waals surface area contributed by atoms with E-state index in [1.54, 1.807) is 13.8 Å². The molecule has 1 aromatic rings. The highest BCUT2D eigenvalue weighted by Crippen LogP contribution is 2.13. The summed E-state index contributed by atoms with van der Waals surface area (Å²) in [4.78, 5) is 11.3. The minimum atomic E-state index is -3.73. The van der Waals surface area contributed by atoms with Crippen molar-refractivity contribution in [2.24, 2.45) is 0 Å². The largest absolute Gasteiger partial charge is 0.508 e. The lowest BCUT2D eigenvalue weighted by molar-refractivity contribution is -0.120. The summed E-state index contributed by atoms with van der Waals surface area (Å²) in [6.45, 7) is 3.25. The molecule has 0 bridgehead atoms. The zero-order chi connectivity index (χ0) is 13.8. The van der Waals surface area contributed by atoms with E-state index in [0.717, 1.165) is 0 Å². The van der Waals surface area contributed by atoms with Gasteiger partial charge < -0.3 is 10.4 Å². The lowest BCUT2D eigenvalue weighted by Crippen LogP contribution is -2.39. The molecule has 7 heteroatoms. The fourth-order valence-corrected chi connectivity index (χ4v) is 2.22. The Kier molecular flexibility index (Phi) is 4.69. The van der Waals surface area contributed by atoms with Gasteiger partial charge in [-0.2, -0.15) is 0 Å². The van der Waals surface area contributed by atoms with Crippen molar-refractivity contribution in [1.29, 1.82) is 0 Å². The van der Waals surface area contributed by atoms with Gasteiger partial charge in [-0.25, -0.2) is 13.1 Å². The van der Waals surface area contributed by atoms with Gasteiger partial charge in [0, 0.05) is 6.04 Å². The van der Waals surface area contributed by atoms with Gasteiger partial charge in [0.15, 0.2) is 0 Å². The van der Waals surface area contributed by atoms with E-state index < -0.39 is 15.9 Å². The summed E-state index contributed by atoms with van der Waals surface area (Å²) < 4.78 is 25.7. The first kappa shape index (κ1) is 14.5. The zero-order valence-corrected chi connectivity index (χ0v) is 11.0. The third kappa shape index (κ3) is 4.34. The molecule has 0 unspecified atom stereocenters. The topological polar surface area (TPSA) is 95.5 Å². The lowest BCUT2D eigenvalue weighted by Gasteiger charge is -2.09. The number of sulfonamides is 1. The Morgan fingerprint density at radius 2 is 1.83 bits per heavy atom. The maximum Gasteiger partial charge on any atom is 0.241 e. The second-order valence-corrected chi connectivity index (χ2v) is 5.81. The Morgan fingerprint density at radius 1 is 1.28 bits per heavy atom. The molecule has 0 spiro atoms. The number of nitrogens with one attached hydrogen (secondary N) is 2. The number of rotatable bonds is 5. The van der Waals surface area contributed by atoms with E-state index in [1.165, 1.54) is 24.3 Å². The average Bonchev–Trinajstić information content (AvgIpc) is 2.26. The van der Waals surface area contributed by atoms with E-state index in [1.807, 2.05) is 0 Å². The first-order chi connectivity index (χ1) is 8.31. The molecule has 18 heavy (non-hydrogen) atoms. The van der Waals surface area contributed by atoms with Crippen LogP contribution in [-0.4, -0.2) is 32.0 Å². The van der Waals surface area contributed by atoms with Gasteiger partial charge in [0.2, 0.25) is 15.9 Å². The molecule has 0 atom stereocenters. The monoisotopic (exact) mass is 272 g/mol. The third-order valence-electron chi connectivity index (χ3n) is 2.02. The first-order valence-electron chi connectivity index (χ1n) is 5.39. The van der Waals surface area contributed by atoms with Gasteiger partial charge in [-0.15, -0.1) is 0 Å². The maximum atomic E-state index is 11.8. The van der Waals surface area contributed by atoms with Gasteiger partial charge in [0.25, 0.3) is 0 Å². The maximum absolute atomic E-state index is 11.8. The van der Waals surface area contributed by atoms with Crippen LogP contribution >= 0.6 is 0 Å². The molecule has 0 aliphatic heterocycles. The number of phenolic OH excluding ortho intramolecular Hbond substituents is 1. The van der Waals surface area contributed by atoms with E-state index in [4.69, 9.17) is 5.11 Å². The van der Waals surface area contributed by atoms with E-state index in [-0.39, 0.29) is 23.2 Å². The summed E-state index contributed by atoms with van der Waals surface area (Å²) in [7, 11) is -3.73. The van der Waals surface area contributed by atoms with Crippen LogP contribution in [0.2, 0.25) is 0 Å². The molecule has 0 aliphatic carbocycles. The van der Waals surface area contributed by atoms with E-state index in [9.17, 15) is 13.2 Å². The summed E-state index contributed by atoms with van der Waals surface area (Å²) in [6, 6.07) is 5.01. The fraction of sp³-hybridized carbons (Fsp3) is 0.364. The predicted octanol–water partition coefficient (Wildman–Crippen LogP) is 0.195. The fourth-order valence-electron chi connectivity index (χ4n) is 1.24. The highest BCUT2D eigenvalue weighted by atomic mass is 32.2. The van der Waals surface area contributed by atoms with Crippen LogP contribution in [0.4, 0.5) is 0 Å². The Hall–Kier alpha value is -1.60. The predicted molar refractivity (Wildman–Crippen MR) is 66.6 cm³/mol. The van der Waals surface area contributed by atoms with Gasteiger partial charge >= 0.3 is 0 Å². The van der Waals surface area contributed by atoms with E-state index >= 15 is 0 Å². The smallest absolute Gasteiger partial charge is 0.241 e. The summed E-state index contributed by atoms with van der Waals surface area (Å²) >= 11 is 0. The first-order valence-corrected chi connectivity index (χ1v) is 6.87. The minimum absolute atomic E-state index is 0.00218. The number of aromatic hydroxyl groups is 1. The van der Waals surface area contributed by atoms with Crippen LogP contribution in [0.5, 0.6) is 5.75 Å². The number of hydrogen-bond donors (Lipinski definition) is 3. The Labute approximate surface area is 106 Å². The van der Waals surface area contributed by atoms with Crippen molar-refractivity contribution in [1.82, 2.24) is 10.0 Å². The van der Waals surface area contributed by atoms with Crippen LogP contribution in [0.25, 0.3) is 0 Å². The van der Waals surface area contributed by atoms with E-state index in [0.29, 0.717) is 0 Å². The Bertz CT molecular complexity index is 508. The Morgan fingerprint density at radius 3 is 2.33 bits per heavy atom. The van der Waals surface area contributed by atoms with Gasteiger partial charge in [0.05, 0.1) is 11.4 Å². The molecule has 3 N–H and O–H groups in total. The summed E-state index contributed by atoms with van der Waals surface area (Å²) in [5.74, 6) is -0.418. The molecule has 1 aromatic carbocycles. The molecule has 0 fully saturated rings. The quantitative estimate of drug-likeness (QED) is 0.713. The van der Waals surface area contributed by atoms with E-state index in [2.05, 4.69) is 10.0 Å². The normalized spacial score (nSPS) is 11.5. The van der Waals surface area contributed by atoms with Gasteiger partial charge in [-0.1, -0.05) is 0 Å². The standard InChI is InChI=1S/C11H16N2O4S/c1-8(2)13-11(15)7-12-18(16,17)10-5-3-9(14)4-6-10/h3-6,8,12,14H,7H2,1-2H3,(H,13,15). The third-order valence-corrected chi connectivity index (χ3v) is 3.44. The zero-order valence-electron chi connectivity index (χ0n) is 10.2. The van der Waals surface area contributed by atoms with Crippen molar-refractivity contribution >= 4 is 15.9 Å². The summed E-state index contributed by atoms with van der Waals surface area (Å²) in [5.41, 5.74) is 0. The molecule has 6 nitrogen and oxygen atoms in total. The second-order valence-electron chi connectivity index (χ2n) is 4.04. The molecule has 0 aliphatic rings. The molecule has 0 heterocycles. The van der Waals surface area contributed by atoms with Crippen molar-refractivity contribution in [2.45, 2.75) is 24.8 Å². The van der Waals surface area contributed by atoms with Gasteiger partial charge in [0.1, 0.15) is 5.75 Å². The molecule has 100 valence electrons. The molecule has 0 radical (unpaired) electrons. The number of carbonyl (C=O) groups excluding carboxylic acids is 1. The highest BCUT2D eigenvalue weighted by Gasteiger charge is 2.15. The van der Waals surface area contributed by atoms with Crippen molar-refractivity contribution in [3.8, 4) is 5.75 Å². The van der Waals surface area contributed by atoms with Crippen LogP contribution in [0.3, 0.4) is 0 Å². The molecule has 0 saturated carbocycles. The number of amides is 1. The summed E-state index contributed by atoms with van der Waals surface area (Å²) in [6.07, 6.45) is 0. The Balaban J connectivity index is 2.66. The number of benzene rings is 1. The van der Waals surface area contributed by atoms with Crippen LogP contribution < -0.4 is 10.0 Å². The van der Waals surface area contributed by atoms with Crippen LogP contribution in [0.15, 0.2) is 29.2 Å². The summed E-state index contributed by atoms with van der Waals surface area (Å²) in [5, 5.41) is 11.6. The van der Waals surface area contributed by atoms with Gasteiger partial charge in [-0.3, -0.25) is 4.79 Å². The second kappa shape index (κ2) is 5.83. The molecule has 1 amide bonds. The van der Waals surface area contributed by atoms with Gasteiger partial charge in [-0.05, 0) is 38.1 Å². The van der Waals surface area contributed by atoms with Crippen LogP contribution in [0.1, 0.15) is 13.8 Å². The van der Waals surface area contributed by atoms with Crippen molar-refractivity contribution in [3.05, 3.63) is 24.3 Å². The molecular weight excluding hydrogens is 256 g/mol. The minimum Gasteiger partial charge on any atom is -0.508 e. The number of carbonyl (C=O) groups is 1. The van der Waals surface area contributed by atoms with Crippen molar-refractivity contribution in [2.75, 3.05) is 6.54 Å². The number of hydrogen-bond acceptors (Lipinski definition) is 4. The lowest BCUT2D eigenvalue weighted by atomic mass is 10.3. The van der Waals surface area contributed by atoms with Crippen molar-refractivity contribution in [3.63, 3.8) is 0 Å². The van der Waals surface area contributed by atoms with Crippen LogP contribution in [0, 0.1) is 0 Å². The average molecular weight is 272 g/mol. The molecular formula is C11H16N2O4S. The SMILES string of the molecule is CC(C)NC(=O)CNS(=O)(=O)c1ccc(O)cc1. The number of phenols is 1. The molecule has 0 saturated heterocycles. The molecule has 1 rings (SSSR count). The van der Waals surface area contributed by atoms with Crippen molar-refractivity contribution < 1.29 is 18.3 Å². The van der Waals surface area contributed by atoms with Crippen LogP contribution in [-0.2, 0) is 14.8 Å².